The summed E-state index contributed by atoms with van der Waals surface area (Å²) in [5.74, 6) is 0. The molecule has 4 heterocycles. The molecule has 154 valence electrons. The molecule has 0 saturated carbocycles. The van der Waals surface area contributed by atoms with Crippen molar-refractivity contribution in [1.29, 1.82) is 0 Å². The zero-order valence-electron chi connectivity index (χ0n) is 17.4. The first-order chi connectivity index (χ1) is 16.4. The summed E-state index contributed by atoms with van der Waals surface area (Å²) in [6, 6.07) is 29.1. The van der Waals surface area contributed by atoms with E-state index in [9.17, 15) is 0 Å². The number of rotatable bonds is 1. The summed E-state index contributed by atoms with van der Waals surface area (Å²) in [4.78, 5) is 4.42. The van der Waals surface area contributed by atoms with Crippen LogP contribution < -0.4 is 0 Å². The van der Waals surface area contributed by atoms with Crippen molar-refractivity contribution in [3.05, 3.63) is 97.3 Å². The van der Waals surface area contributed by atoms with E-state index >= 15 is 0 Å². The molecule has 8 rings (SSSR count). The number of para-hydroxylation sites is 3. The van der Waals surface area contributed by atoms with Gasteiger partial charge in [0.1, 0.15) is 11.2 Å². The van der Waals surface area contributed by atoms with Crippen LogP contribution in [0.2, 0.25) is 0 Å². The van der Waals surface area contributed by atoms with Crippen LogP contribution in [-0.4, -0.2) is 9.55 Å². The molecule has 0 bridgehead atoms. The monoisotopic (exact) mass is 424 g/mol. The summed E-state index contributed by atoms with van der Waals surface area (Å²) in [6.45, 7) is 0. The first-order valence-electron chi connectivity index (χ1n) is 11.0. The lowest BCUT2D eigenvalue weighted by molar-refractivity contribution is 0.633. The second kappa shape index (κ2) is 6.02. The van der Waals surface area contributed by atoms with Crippen LogP contribution in [-0.2, 0) is 0 Å². The molecule has 33 heavy (non-hydrogen) atoms. The third-order valence-corrected chi connectivity index (χ3v) is 6.66. The SMILES string of the molecule is c1cncc(-n2c3ccccc3c3c4c5ccccc5oc4c4oc5ccccc5c4c32)c1. The molecule has 0 unspecified atom stereocenters. The average Bonchev–Trinajstić information content (AvgIpc) is 3.54. The van der Waals surface area contributed by atoms with Crippen LogP contribution >= 0.6 is 0 Å². The summed E-state index contributed by atoms with van der Waals surface area (Å²) >= 11 is 0. The maximum atomic E-state index is 6.47. The quantitative estimate of drug-likeness (QED) is 0.268. The lowest BCUT2D eigenvalue weighted by Gasteiger charge is -2.08. The standard InChI is InChI=1S/C29H16N2O2/c1-4-12-21-18(9-1)24-25-19-10-2-5-13-22(19)32-28(25)29-26(20-11-3-6-14-23(20)33-29)27(24)31(21)17-8-7-15-30-16-17/h1-16H. The topological polar surface area (TPSA) is 44.1 Å². The van der Waals surface area contributed by atoms with Gasteiger partial charge in [0, 0.05) is 33.1 Å². The van der Waals surface area contributed by atoms with Crippen LogP contribution in [0.3, 0.4) is 0 Å². The zero-order chi connectivity index (χ0) is 21.5. The molecular formula is C29H16N2O2. The first-order valence-corrected chi connectivity index (χ1v) is 11.0. The van der Waals surface area contributed by atoms with Crippen molar-refractivity contribution in [2.75, 3.05) is 0 Å². The van der Waals surface area contributed by atoms with Crippen LogP contribution in [0.15, 0.2) is 106 Å². The molecule has 0 saturated heterocycles. The summed E-state index contributed by atoms with van der Waals surface area (Å²) in [7, 11) is 0. The Bertz CT molecular complexity index is 2020. The zero-order valence-corrected chi connectivity index (χ0v) is 17.4. The van der Waals surface area contributed by atoms with Gasteiger partial charge in [0.15, 0.2) is 11.2 Å². The molecule has 4 heteroatoms. The Labute approximate surface area is 187 Å². The predicted octanol–water partition coefficient (Wildman–Crippen LogP) is 7.98. The fourth-order valence-electron chi connectivity index (χ4n) is 5.38. The molecule has 0 N–H and O–H groups in total. The van der Waals surface area contributed by atoms with Crippen molar-refractivity contribution in [3.63, 3.8) is 0 Å². The molecule has 0 atom stereocenters. The van der Waals surface area contributed by atoms with Gasteiger partial charge in [-0.3, -0.25) is 4.98 Å². The number of hydrogen-bond donors (Lipinski definition) is 0. The molecule has 4 aromatic carbocycles. The Kier molecular flexibility index (Phi) is 3.11. The molecule has 0 aliphatic carbocycles. The van der Waals surface area contributed by atoms with Gasteiger partial charge in [-0.25, -0.2) is 0 Å². The van der Waals surface area contributed by atoms with E-state index in [1.165, 1.54) is 10.8 Å². The summed E-state index contributed by atoms with van der Waals surface area (Å²) in [5, 5.41) is 6.67. The van der Waals surface area contributed by atoms with Gasteiger partial charge >= 0.3 is 0 Å². The fraction of sp³-hybridized carbons (Fsp3) is 0. The largest absolute Gasteiger partial charge is 0.452 e. The van der Waals surface area contributed by atoms with Crippen LogP contribution in [0.5, 0.6) is 0 Å². The highest BCUT2D eigenvalue weighted by atomic mass is 16.4. The third-order valence-electron chi connectivity index (χ3n) is 6.66. The Hall–Kier alpha value is -4.57. The van der Waals surface area contributed by atoms with Crippen LogP contribution in [0.4, 0.5) is 0 Å². The maximum Gasteiger partial charge on any atom is 0.180 e. The molecule has 0 aliphatic heterocycles. The number of furan rings is 2. The third kappa shape index (κ3) is 2.08. The smallest absolute Gasteiger partial charge is 0.180 e. The van der Waals surface area contributed by atoms with Crippen molar-refractivity contribution >= 4 is 65.7 Å². The molecule has 0 radical (unpaired) electrons. The summed E-state index contributed by atoms with van der Waals surface area (Å²) < 4.78 is 15.2. The lowest BCUT2D eigenvalue weighted by atomic mass is 10.0. The van der Waals surface area contributed by atoms with Crippen molar-refractivity contribution in [2.45, 2.75) is 0 Å². The number of nitrogens with zero attached hydrogens (tertiary/aromatic N) is 2. The van der Waals surface area contributed by atoms with Crippen molar-refractivity contribution < 1.29 is 8.83 Å². The van der Waals surface area contributed by atoms with Crippen LogP contribution in [0.1, 0.15) is 0 Å². The van der Waals surface area contributed by atoms with Gasteiger partial charge in [-0.2, -0.15) is 0 Å². The van der Waals surface area contributed by atoms with E-state index in [1.54, 1.807) is 0 Å². The Morgan fingerprint density at radius 1 is 0.576 bits per heavy atom. The fourth-order valence-corrected chi connectivity index (χ4v) is 5.38. The van der Waals surface area contributed by atoms with E-state index < -0.39 is 0 Å². The van der Waals surface area contributed by atoms with Gasteiger partial charge < -0.3 is 13.4 Å². The molecular weight excluding hydrogens is 408 g/mol. The maximum absolute atomic E-state index is 6.47. The van der Waals surface area contributed by atoms with Gasteiger partial charge in [-0.15, -0.1) is 0 Å². The van der Waals surface area contributed by atoms with Crippen LogP contribution in [0.25, 0.3) is 71.4 Å². The summed E-state index contributed by atoms with van der Waals surface area (Å²) in [6.07, 6.45) is 3.72. The molecule has 0 fully saturated rings. The lowest BCUT2D eigenvalue weighted by Crippen LogP contribution is -1.94. The van der Waals surface area contributed by atoms with Gasteiger partial charge in [-0.05, 0) is 30.3 Å². The predicted molar refractivity (Wildman–Crippen MR) is 133 cm³/mol. The van der Waals surface area contributed by atoms with E-state index in [4.69, 9.17) is 8.83 Å². The number of aromatic nitrogens is 2. The minimum atomic E-state index is 0.780. The second-order valence-corrected chi connectivity index (χ2v) is 8.39. The van der Waals surface area contributed by atoms with Crippen LogP contribution in [0, 0.1) is 0 Å². The van der Waals surface area contributed by atoms with Gasteiger partial charge in [0.25, 0.3) is 0 Å². The van der Waals surface area contributed by atoms with E-state index in [0.717, 1.165) is 60.6 Å². The molecule has 0 aliphatic rings. The van der Waals surface area contributed by atoms with E-state index in [0.29, 0.717) is 0 Å². The van der Waals surface area contributed by atoms with Crippen molar-refractivity contribution in [3.8, 4) is 5.69 Å². The molecule has 0 spiro atoms. The summed E-state index contributed by atoms with van der Waals surface area (Å²) in [5.41, 5.74) is 6.55. The Morgan fingerprint density at radius 2 is 1.21 bits per heavy atom. The first kappa shape index (κ1) is 17.0. The number of pyridine rings is 1. The second-order valence-electron chi connectivity index (χ2n) is 8.39. The van der Waals surface area contributed by atoms with Gasteiger partial charge in [0.05, 0.1) is 28.3 Å². The van der Waals surface area contributed by atoms with E-state index in [1.807, 2.05) is 42.7 Å². The Morgan fingerprint density at radius 3 is 1.94 bits per heavy atom. The van der Waals surface area contributed by atoms with Gasteiger partial charge in [0.2, 0.25) is 0 Å². The highest BCUT2D eigenvalue weighted by Crippen LogP contribution is 2.48. The van der Waals surface area contributed by atoms with E-state index in [2.05, 4.69) is 64.1 Å². The molecule has 8 aromatic rings. The van der Waals surface area contributed by atoms with Crippen molar-refractivity contribution in [1.82, 2.24) is 9.55 Å². The van der Waals surface area contributed by atoms with Crippen molar-refractivity contribution in [2.24, 2.45) is 0 Å². The highest BCUT2D eigenvalue weighted by molar-refractivity contribution is 6.38. The average molecular weight is 424 g/mol. The van der Waals surface area contributed by atoms with Gasteiger partial charge in [-0.1, -0.05) is 54.6 Å². The normalized spacial score (nSPS) is 12.2. The number of benzene rings is 4. The number of fused-ring (bicyclic) bond motifs is 12. The minimum absolute atomic E-state index is 0.780. The molecule has 4 aromatic heterocycles. The molecule has 4 nitrogen and oxygen atoms in total. The molecule has 0 amide bonds. The highest BCUT2D eigenvalue weighted by Gasteiger charge is 2.26. The number of hydrogen-bond acceptors (Lipinski definition) is 3. The Balaban J connectivity index is 1.81. The minimum Gasteiger partial charge on any atom is -0.452 e. The van der Waals surface area contributed by atoms with E-state index in [-0.39, 0.29) is 0 Å².